The van der Waals surface area contributed by atoms with Crippen molar-refractivity contribution in [2.75, 3.05) is 20.3 Å². The predicted octanol–water partition coefficient (Wildman–Crippen LogP) is 2.03. The molecular weight excluding hydrogens is 260 g/mol. The molecule has 0 spiro atoms. The minimum Gasteiger partial charge on any atom is -0.389 e. The fourth-order valence-electron chi connectivity index (χ4n) is 1.79. The van der Waals surface area contributed by atoms with Gasteiger partial charge in [-0.1, -0.05) is 12.1 Å². The lowest BCUT2D eigenvalue weighted by molar-refractivity contribution is -0.384. The molecule has 20 heavy (non-hydrogen) atoms. The van der Waals surface area contributed by atoms with E-state index in [0.29, 0.717) is 19.6 Å². The van der Waals surface area contributed by atoms with Crippen LogP contribution in [0.2, 0.25) is 0 Å². The molecule has 2 unspecified atom stereocenters. The molecule has 0 amide bonds. The molecule has 1 rings (SSSR count). The summed E-state index contributed by atoms with van der Waals surface area (Å²) in [5, 5.41) is 23.9. The van der Waals surface area contributed by atoms with Crippen molar-refractivity contribution < 1.29 is 14.8 Å². The van der Waals surface area contributed by atoms with E-state index in [9.17, 15) is 15.2 Å². The van der Waals surface area contributed by atoms with Gasteiger partial charge in [-0.15, -0.1) is 0 Å². The number of aliphatic hydroxyl groups is 1. The average Bonchev–Trinajstić information content (AvgIpc) is 2.43. The number of hydrogen-bond donors (Lipinski definition) is 2. The second-order valence-corrected chi connectivity index (χ2v) is 5.19. The zero-order valence-electron chi connectivity index (χ0n) is 12.1. The lowest BCUT2D eigenvalue weighted by Crippen LogP contribution is -2.39. The molecule has 0 heterocycles. The summed E-state index contributed by atoms with van der Waals surface area (Å²) >= 11 is 0. The molecule has 0 saturated carbocycles. The number of nitrogens with zero attached hydrogens (tertiary/aromatic N) is 1. The zero-order valence-corrected chi connectivity index (χ0v) is 12.1. The second-order valence-electron chi connectivity index (χ2n) is 5.19. The van der Waals surface area contributed by atoms with Gasteiger partial charge < -0.3 is 15.2 Å². The first-order valence-electron chi connectivity index (χ1n) is 6.55. The Morgan fingerprint density at radius 1 is 1.45 bits per heavy atom. The molecule has 2 atom stereocenters. The topological polar surface area (TPSA) is 84.6 Å². The minimum absolute atomic E-state index is 0.00447. The van der Waals surface area contributed by atoms with E-state index in [4.69, 9.17) is 4.74 Å². The van der Waals surface area contributed by atoms with Crippen molar-refractivity contribution in [3.8, 4) is 0 Å². The molecular formula is C14H22N2O4. The molecule has 6 nitrogen and oxygen atoms in total. The molecule has 6 heteroatoms. The molecule has 0 radical (unpaired) electrons. The lowest BCUT2D eigenvalue weighted by atomic mass is 10.0. The van der Waals surface area contributed by atoms with Crippen LogP contribution in [-0.4, -0.2) is 35.9 Å². The van der Waals surface area contributed by atoms with Crippen LogP contribution in [0.5, 0.6) is 0 Å². The number of nitro benzene ring substituents is 1. The van der Waals surface area contributed by atoms with Crippen LogP contribution in [0.4, 0.5) is 5.69 Å². The summed E-state index contributed by atoms with van der Waals surface area (Å²) in [5.41, 5.74) is 0.177. The number of nitro groups is 1. The normalized spacial score (nSPS) is 15.6. The zero-order chi connectivity index (χ0) is 15.2. The quantitative estimate of drug-likeness (QED) is 0.563. The Morgan fingerprint density at radius 3 is 2.55 bits per heavy atom. The van der Waals surface area contributed by atoms with Gasteiger partial charge in [0.15, 0.2) is 0 Å². The maximum Gasteiger partial charge on any atom is 0.269 e. The molecule has 0 saturated heterocycles. The van der Waals surface area contributed by atoms with Gasteiger partial charge in [-0.3, -0.25) is 10.1 Å². The van der Waals surface area contributed by atoms with E-state index in [0.717, 1.165) is 5.56 Å². The van der Waals surface area contributed by atoms with E-state index in [1.165, 1.54) is 12.1 Å². The third-order valence-electron chi connectivity index (χ3n) is 3.24. The first-order valence-corrected chi connectivity index (χ1v) is 6.55. The molecule has 1 aromatic rings. The average molecular weight is 282 g/mol. The van der Waals surface area contributed by atoms with E-state index in [2.05, 4.69) is 5.32 Å². The van der Waals surface area contributed by atoms with Gasteiger partial charge in [0.1, 0.15) is 0 Å². The summed E-state index contributed by atoms with van der Waals surface area (Å²) in [6.07, 6.45) is 0.545. The first-order chi connectivity index (χ1) is 9.35. The molecule has 0 aliphatic heterocycles. The summed E-state index contributed by atoms with van der Waals surface area (Å²) < 4.78 is 4.95. The fraction of sp³-hybridized carbons (Fsp3) is 0.571. The Bertz CT molecular complexity index is 431. The Balaban J connectivity index is 2.54. The smallest absolute Gasteiger partial charge is 0.269 e. The number of hydrogen-bond acceptors (Lipinski definition) is 5. The number of benzene rings is 1. The third kappa shape index (κ3) is 5.24. The maximum absolute atomic E-state index is 10.6. The van der Waals surface area contributed by atoms with Gasteiger partial charge in [0.25, 0.3) is 5.69 Å². The van der Waals surface area contributed by atoms with Crippen LogP contribution in [0, 0.1) is 10.1 Å². The van der Waals surface area contributed by atoms with Crippen molar-refractivity contribution in [1.82, 2.24) is 5.32 Å². The van der Waals surface area contributed by atoms with Crippen molar-refractivity contribution >= 4 is 5.69 Å². The summed E-state index contributed by atoms with van der Waals surface area (Å²) in [4.78, 5) is 10.2. The highest BCUT2D eigenvalue weighted by Crippen LogP contribution is 2.18. The molecule has 1 aromatic carbocycles. The highest BCUT2D eigenvalue weighted by Gasteiger charge is 2.21. The van der Waals surface area contributed by atoms with Gasteiger partial charge in [-0.2, -0.15) is 0 Å². The second kappa shape index (κ2) is 7.33. The minimum atomic E-state index is -0.842. The number of non-ortho nitro benzene ring substituents is 1. The van der Waals surface area contributed by atoms with Crippen molar-refractivity contribution in [3.05, 3.63) is 39.9 Å². The fourth-order valence-corrected chi connectivity index (χ4v) is 1.79. The summed E-state index contributed by atoms with van der Waals surface area (Å²) in [6, 6.07) is 6.41. The molecule has 2 N–H and O–H groups in total. The molecule has 0 aromatic heterocycles. The predicted molar refractivity (Wildman–Crippen MR) is 76.6 cm³/mol. The molecule has 0 bridgehead atoms. The maximum atomic E-state index is 10.6. The lowest BCUT2D eigenvalue weighted by Gasteiger charge is -2.26. The standard InChI is InChI=1S/C14H22N2O4/c1-11(15-10-14(2,17)8-9-20-3)12-4-6-13(7-5-12)16(18)19/h4-7,11,15,17H,8-10H2,1-3H3. The largest absolute Gasteiger partial charge is 0.389 e. The van der Waals surface area contributed by atoms with Gasteiger partial charge in [0.2, 0.25) is 0 Å². The van der Waals surface area contributed by atoms with Crippen LogP contribution in [0.1, 0.15) is 31.9 Å². The Labute approximate surface area is 118 Å². The van der Waals surface area contributed by atoms with Crippen molar-refractivity contribution in [1.29, 1.82) is 0 Å². The Hall–Kier alpha value is -1.50. The van der Waals surface area contributed by atoms with Gasteiger partial charge >= 0.3 is 0 Å². The van der Waals surface area contributed by atoms with Gasteiger partial charge in [-0.05, 0) is 19.4 Å². The number of ether oxygens (including phenoxy) is 1. The third-order valence-corrected chi connectivity index (χ3v) is 3.24. The molecule has 0 aliphatic rings. The summed E-state index contributed by atoms with van der Waals surface area (Å²) in [5.74, 6) is 0. The SMILES string of the molecule is COCCC(C)(O)CNC(C)c1ccc([N+](=O)[O-])cc1. The van der Waals surface area contributed by atoms with E-state index in [1.807, 2.05) is 6.92 Å². The summed E-state index contributed by atoms with van der Waals surface area (Å²) in [6.45, 7) is 4.63. The first kappa shape index (κ1) is 16.6. The van der Waals surface area contributed by atoms with E-state index >= 15 is 0 Å². The number of rotatable bonds is 8. The van der Waals surface area contributed by atoms with Crippen molar-refractivity contribution in [2.24, 2.45) is 0 Å². The number of methoxy groups -OCH3 is 1. The number of nitrogens with one attached hydrogen (secondary N) is 1. The van der Waals surface area contributed by atoms with Crippen molar-refractivity contribution in [3.63, 3.8) is 0 Å². The van der Waals surface area contributed by atoms with E-state index < -0.39 is 10.5 Å². The van der Waals surface area contributed by atoms with Crippen LogP contribution in [0.15, 0.2) is 24.3 Å². The monoisotopic (exact) mass is 282 g/mol. The van der Waals surface area contributed by atoms with Gasteiger partial charge in [-0.25, -0.2) is 0 Å². The van der Waals surface area contributed by atoms with Crippen LogP contribution in [0.25, 0.3) is 0 Å². The highest BCUT2D eigenvalue weighted by molar-refractivity contribution is 5.34. The summed E-state index contributed by atoms with van der Waals surface area (Å²) in [7, 11) is 1.60. The van der Waals surface area contributed by atoms with E-state index in [-0.39, 0.29) is 11.7 Å². The Morgan fingerprint density at radius 2 is 2.05 bits per heavy atom. The molecule has 112 valence electrons. The van der Waals surface area contributed by atoms with Gasteiger partial charge in [0, 0.05) is 44.9 Å². The molecule has 0 aliphatic carbocycles. The Kier molecular flexibility index (Phi) is 6.06. The van der Waals surface area contributed by atoms with Crippen LogP contribution < -0.4 is 5.32 Å². The van der Waals surface area contributed by atoms with Crippen molar-refractivity contribution in [2.45, 2.75) is 31.9 Å². The van der Waals surface area contributed by atoms with E-state index in [1.54, 1.807) is 26.2 Å². The van der Waals surface area contributed by atoms with Crippen LogP contribution in [0.3, 0.4) is 0 Å². The van der Waals surface area contributed by atoms with Crippen LogP contribution in [-0.2, 0) is 4.74 Å². The van der Waals surface area contributed by atoms with Gasteiger partial charge in [0.05, 0.1) is 10.5 Å². The highest BCUT2D eigenvalue weighted by atomic mass is 16.6. The molecule has 0 fully saturated rings. The van der Waals surface area contributed by atoms with Crippen LogP contribution >= 0.6 is 0 Å².